The Labute approximate surface area is 160 Å². The smallest absolute Gasteiger partial charge is 0.387 e. The number of halogens is 2. The van der Waals surface area contributed by atoms with Gasteiger partial charge in [-0.15, -0.1) is 0 Å². The predicted molar refractivity (Wildman–Crippen MR) is 101 cm³/mol. The number of methoxy groups -OCH3 is 1. The summed E-state index contributed by atoms with van der Waals surface area (Å²) in [6.07, 6.45) is 6.33. The number of amides is 1. The van der Waals surface area contributed by atoms with Crippen molar-refractivity contribution in [1.29, 1.82) is 0 Å². The first-order valence-corrected chi connectivity index (χ1v) is 8.27. The monoisotopic (exact) mass is 385 g/mol. The van der Waals surface area contributed by atoms with Gasteiger partial charge in [-0.2, -0.15) is 13.9 Å². The molecule has 0 aliphatic carbocycles. The van der Waals surface area contributed by atoms with Crippen molar-refractivity contribution in [3.63, 3.8) is 0 Å². The van der Waals surface area contributed by atoms with E-state index in [2.05, 4.69) is 15.2 Å². The molecule has 0 unspecified atom stereocenters. The van der Waals surface area contributed by atoms with Crippen molar-refractivity contribution in [3.8, 4) is 17.2 Å². The minimum absolute atomic E-state index is 0.141. The number of hydrogen-bond donors (Lipinski definition) is 1. The number of para-hydroxylation sites is 1. The second-order valence-electron chi connectivity index (χ2n) is 5.62. The number of rotatable bonds is 7. The normalized spacial score (nSPS) is 11.0. The fraction of sp³-hybridized carbons (Fsp3) is 0.100. The third-order valence-corrected chi connectivity index (χ3v) is 3.70. The standard InChI is InChI=1S/C20H17F2N3O3/c1-27-17-9-8-15(11-18(17)28-20(21)22)24-19(26)10-7-14-12-23-25(13-14)16-5-3-2-4-6-16/h2-13,20H,1H3,(H,24,26)/b10-7+. The molecule has 1 aromatic heterocycles. The van der Waals surface area contributed by atoms with Gasteiger partial charge in [-0.25, -0.2) is 4.68 Å². The molecule has 0 atom stereocenters. The van der Waals surface area contributed by atoms with Crippen LogP contribution in [0.5, 0.6) is 11.5 Å². The van der Waals surface area contributed by atoms with Crippen LogP contribution in [0.4, 0.5) is 14.5 Å². The summed E-state index contributed by atoms with van der Waals surface area (Å²) in [5.41, 5.74) is 1.93. The molecule has 0 fully saturated rings. The topological polar surface area (TPSA) is 65.4 Å². The highest BCUT2D eigenvalue weighted by molar-refractivity contribution is 6.02. The molecule has 0 saturated carbocycles. The van der Waals surface area contributed by atoms with Gasteiger partial charge in [0.1, 0.15) is 0 Å². The highest BCUT2D eigenvalue weighted by atomic mass is 19.3. The fourth-order valence-electron chi connectivity index (χ4n) is 2.44. The number of anilines is 1. The molecule has 1 heterocycles. The third kappa shape index (κ3) is 4.94. The van der Waals surface area contributed by atoms with Crippen LogP contribution in [0.1, 0.15) is 5.56 Å². The quantitative estimate of drug-likeness (QED) is 0.621. The van der Waals surface area contributed by atoms with Gasteiger partial charge in [0.15, 0.2) is 11.5 Å². The number of carbonyl (C=O) groups excluding carboxylic acids is 1. The van der Waals surface area contributed by atoms with E-state index in [1.807, 2.05) is 30.3 Å². The average Bonchev–Trinajstić information content (AvgIpc) is 3.16. The van der Waals surface area contributed by atoms with E-state index in [9.17, 15) is 13.6 Å². The molecule has 0 saturated heterocycles. The maximum absolute atomic E-state index is 12.5. The first kappa shape index (κ1) is 19.1. The van der Waals surface area contributed by atoms with Crippen LogP contribution in [0, 0.1) is 0 Å². The molecule has 0 radical (unpaired) electrons. The second-order valence-corrected chi connectivity index (χ2v) is 5.62. The molecule has 0 aliphatic heterocycles. The number of alkyl halides is 2. The Morgan fingerprint density at radius 2 is 1.96 bits per heavy atom. The summed E-state index contributed by atoms with van der Waals surface area (Å²) in [4.78, 5) is 12.1. The molecule has 0 bridgehead atoms. The molecule has 2 aromatic carbocycles. The van der Waals surface area contributed by atoms with Gasteiger partial charge >= 0.3 is 6.61 Å². The Bertz CT molecular complexity index is 972. The average molecular weight is 385 g/mol. The number of ether oxygens (including phenoxy) is 2. The van der Waals surface area contributed by atoms with Crippen molar-refractivity contribution in [2.75, 3.05) is 12.4 Å². The maximum Gasteiger partial charge on any atom is 0.387 e. The molecular weight excluding hydrogens is 368 g/mol. The van der Waals surface area contributed by atoms with Crippen LogP contribution in [-0.2, 0) is 4.79 Å². The molecule has 144 valence electrons. The van der Waals surface area contributed by atoms with Gasteiger partial charge in [-0.3, -0.25) is 4.79 Å². The molecular formula is C20H17F2N3O3. The Balaban J connectivity index is 1.66. The van der Waals surface area contributed by atoms with Gasteiger partial charge < -0.3 is 14.8 Å². The Kier molecular flexibility index (Phi) is 6.01. The number of benzene rings is 2. The zero-order chi connectivity index (χ0) is 19.9. The van der Waals surface area contributed by atoms with Crippen LogP contribution in [-0.4, -0.2) is 29.4 Å². The summed E-state index contributed by atoms with van der Waals surface area (Å²) in [6, 6.07) is 13.8. The molecule has 3 rings (SSSR count). The molecule has 8 heteroatoms. The molecule has 1 amide bonds. The van der Waals surface area contributed by atoms with Gasteiger partial charge in [0.05, 0.1) is 19.0 Å². The van der Waals surface area contributed by atoms with Crippen LogP contribution < -0.4 is 14.8 Å². The number of aromatic nitrogens is 2. The first-order valence-electron chi connectivity index (χ1n) is 8.27. The Morgan fingerprint density at radius 1 is 1.18 bits per heavy atom. The van der Waals surface area contributed by atoms with Crippen LogP contribution in [0.15, 0.2) is 67.0 Å². The summed E-state index contributed by atoms with van der Waals surface area (Å²) < 4.78 is 36.0. The summed E-state index contributed by atoms with van der Waals surface area (Å²) >= 11 is 0. The maximum atomic E-state index is 12.5. The highest BCUT2D eigenvalue weighted by Crippen LogP contribution is 2.31. The van der Waals surface area contributed by atoms with Crippen molar-refractivity contribution in [2.24, 2.45) is 0 Å². The fourth-order valence-corrected chi connectivity index (χ4v) is 2.44. The van der Waals surface area contributed by atoms with E-state index in [4.69, 9.17) is 4.74 Å². The molecule has 3 aromatic rings. The molecule has 6 nitrogen and oxygen atoms in total. The molecule has 1 N–H and O–H groups in total. The van der Waals surface area contributed by atoms with Crippen molar-refractivity contribution in [3.05, 3.63) is 72.6 Å². The van der Waals surface area contributed by atoms with Gasteiger partial charge in [-0.05, 0) is 30.3 Å². The summed E-state index contributed by atoms with van der Waals surface area (Å²) in [5.74, 6) is -0.453. The van der Waals surface area contributed by atoms with Crippen LogP contribution in [0.25, 0.3) is 11.8 Å². The number of hydrogen-bond acceptors (Lipinski definition) is 4. The van der Waals surface area contributed by atoms with Crippen molar-refractivity contribution in [1.82, 2.24) is 9.78 Å². The van der Waals surface area contributed by atoms with Gasteiger partial charge in [-0.1, -0.05) is 18.2 Å². The molecule has 0 aliphatic rings. The summed E-state index contributed by atoms with van der Waals surface area (Å²) in [7, 11) is 1.34. The van der Waals surface area contributed by atoms with E-state index < -0.39 is 12.5 Å². The number of carbonyl (C=O) groups is 1. The van der Waals surface area contributed by atoms with Crippen LogP contribution in [0.2, 0.25) is 0 Å². The lowest BCUT2D eigenvalue weighted by molar-refractivity contribution is -0.111. The van der Waals surface area contributed by atoms with Crippen molar-refractivity contribution < 1.29 is 23.0 Å². The first-order chi connectivity index (χ1) is 13.5. The van der Waals surface area contributed by atoms with Gasteiger partial charge in [0.2, 0.25) is 5.91 Å². The van der Waals surface area contributed by atoms with Crippen molar-refractivity contribution >= 4 is 17.7 Å². The van der Waals surface area contributed by atoms with E-state index in [-0.39, 0.29) is 11.5 Å². The van der Waals surface area contributed by atoms with Crippen LogP contribution >= 0.6 is 0 Å². The minimum Gasteiger partial charge on any atom is -0.493 e. The number of nitrogens with zero attached hydrogens (tertiary/aromatic N) is 2. The second kappa shape index (κ2) is 8.81. The zero-order valence-electron chi connectivity index (χ0n) is 14.9. The highest BCUT2D eigenvalue weighted by Gasteiger charge is 2.12. The van der Waals surface area contributed by atoms with Crippen LogP contribution in [0.3, 0.4) is 0 Å². The Hall–Kier alpha value is -3.68. The molecule has 0 spiro atoms. The zero-order valence-corrected chi connectivity index (χ0v) is 14.9. The Morgan fingerprint density at radius 3 is 2.68 bits per heavy atom. The molecule has 28 heavy (non-hydrogen) atoms. The minimum atomic E-state index is -3.00. The van der Waals surface area contributed by atoms with E-state index >= 15 is 0 Å². The predicted octanol–water partition coefficient (Wildman–Crippen LogP) is 4.13. The van der Waals surface area contributed by atoms with E-state index in [1.54, 1.807) is 23.2 Å². The van der Waals surface area contributed by atoms with E-state index in [1.165, 1.54) is 31.4 Å². The lowest BCUT2D eigenvalue weighted by Crippen LogP contribution is -2.09. The van der Waals surface area contributed by atoms with Gasteiger partial charge in [0, 0.05) is 29.6 Å². The lowest BCUT2D eigenvalue weighted by atomic mass is 10.2. The lowest BCUT2D eigenvalue weighted by Gasteiger charge is -2.11. The van der Waals surface area contributed by atoms with Crippen molar-refractivity contribution in [2.45, 2.75) is 6.61 Å². The SMILES string of the molecule is COc1ccc(NC(=O)/C=C/c2cnn(-c3ccccc3)c2)cc1OC(F)F. The number of nitrogens with one attached hydrogen (secondary N) is 1. The summed E-state index contributed by atoms with van der Waals surface area (Å²) in [5, 5.41) is 6.82. The summed E-state index contributed by atoms with van der Waals surface area (Å²) in [6.45, 7) is -3.00. The largest absolute Gasteiger partial charge is 0.493 e. The van der Waals surface area contributed by atoms with E-state index in [0.717, 1.165) is 11.3 Å². The van der Waals surface area contributed by atoms with Gasteiger partial charge in [0.25, 0.3) is 0 Å². The third-order valence-electron chi connectivity index (χ3n) is 3.70. The van der Waals surface area contributed by atoms with E-state index in [0.29, 0.717) is 5.69 Å².